The molecule has 150 valence electrons. The lowest BCUT2D eigenvalue weighted by Crippen LogP contribution is -2.34. The molecule has 2 aromatic rings. The van der Waals surface area contributed by atoms with Crippen molar-refractivity contribution < 1.29 is 19.4 Å². The Morgan fingerprint density at radius 1 is 1.14 bits per heavy atom. The molecule has 0 spiro atoms. The van der Waals surface area contributed by atoms with Crippen molar-refractivity contribution in [3.8, 4) is 17.2 Å². The summed E-state index contributed by atoms with van der Waals surface area (Å²) in [5, 5.41) is 15.8. The lowest BCUT2D eigenvalue weighted by atomic mass is 9.87. The van der Waals surface area contributed by atoms with Gasteiger partial charge in [-0.05, 0) is 47.5 Å². The van der Waals surface area contributed by atoms with E-state index in [0.717, 1.165) is 5.56 Å². The third-order valence-corrected chi connectivity index (χ3v) is 4.55. The minimum atomic E-state index is -0.463. The first kappa shape index (κ1) is 21.8. The van der Waals surface area contributed by atoms with E-state index < -0.39 is 5.91 Å². The van der Waals surface area contributed by atoms with Crippen molar-refractivity contribution in [1.29, 1.82) is 0 Å². The second kappa shape index (κ2) is 8.67. The number of carbonyl (C=O) groups excluding carboxylic acids is 1. The first-order chi connectivity index (χ1) is 13.1. The Kier molecular flexibility index (Phi) is 6.74. The number of aromatic hydroxyl groups is 1. The Labute approximate surface area is 174 Å². The van der Waals surface area contributed by atoms with Gasteiger partial charge in [0.1, 0.15) is 11.5 Å². The number of rotatable bonds is 4. The van der Waals surface area contributed by atoms with Gasteiger partial charge in [-0.3, -0.25) is 10.1 Å². The maximum Gasteiger partial charge on any atom is 0.261 e. The topological polar surface area (TPSA) is 79.8 Å². The molecule has 0 radical (unpaired) electrons. The highest BCUT2D eigenvalue weighted by molar-refractivity contribution is 7.80. The molecule has 0 aromatic heterocycles. The number of methoxy groups -OCH3 is 2. The molecular formula is C20H23ClN2O4S. The molecule has 28 heavy (non-hydrogen) atoms. The molecule has 0 saturated heterocycles. The predicted molar refractivity (Wildman–Crippen MR) is 115 cm³/mol. The van der Waals surface area contributed by atoms with E-state index in [4.69, 9.17) is 33.3 Å². The number of amides is 1. The van der Waals surface area contributed by atoms with Crippen LogP contribution in [0.5, 0.6) is 17.2 Å². The highest BCUT2D eigenvalue weighted by atomic mass is 35.5. The average molecular weight is 423 g/mol. The molecule has 6 nitrogen and oxygen atoms in total. The third-order valence-electron chi connectivity index (χ3n) is 4.06. The van der Waals surface area contributed by atoms with Crippen molar-refractivity contribution in [2.24, 2.45) is 0 Å². The minimum Gasteiger partial charge on any atom is -0.504 e. The van der Waals surface area contributed by atoms with Crippen molar-refractivity contribution in [1.82, 2.24) is 5.32 Å². The maximum absolute atomic E-state index is 12.6. The number of carbonyl (C=O) groups is 1. The zero-order valence-corrected chi connectivity index (χ0v) is 17.9. The molecule has 0 unspecified atom stereocenters. The van der Waals surface area contributed by atoms with Crippen LogP contribution >= 0.6 is 23.8 Å². The zero-order chi connectivity index (χ0) is 21.1. The molecule has 0 aliphatic carbocycles. The van der Waals surface area contributed by atoms with Crippen LogP contribution < -0.4 is 20.1 Å². The van der Waals surface area contributed by atoms with Crippen molar-refractivity contribution in [2.75, 3.05) is 19.5 Å². The number of hydrogen-bond donors (Lipinski definition) is 3. The van der Waals surface area contributed by atoms with Crippen molar-refractivity contribution >= 4 is 40.5 Å². The highest BCUT2D eigenvalue weighted by Crippen LogP contribution is 2.37. The number of hydrogen-bond acceptors (Lipinski definition) is 5. The van der Waals surface area contributed by atoms with E-state index in [2.05, 4.69) is 10.6 Å². The van der Waals surface area contributed by atoms with Crippen LogP contribution in [0.4, 0.5) is 5.69 Å². The van der Waals surface area contributed by atoms with Gasteiger partial charge in [0.05, 0.1) is 30.5 Å². The normalized spacial score (nSPS) is 10.9. The number of nitrogens with one attached hydrogen (secondary N) is 2. The van der Waals surface area contributed by atoms with Crippen LogP contribution in [0.15, 0.2) is 30.3 Å². The zero-order valence-electron chi connectivity index (χ0n) is 16.3. The van der Waals surface area contributed by atoms with Gasteiger partial charge in [0, 0.05) is 6.07 Å². The number of phenolic OH excluding ortho intramolecular Hbond substituents is 1. The Hall–Kier alpha value is -2.51. The molecule has 8 heteroatoms. The molecule has 0 aliphatic heterocycles. The molecule has 3 N–H and O–H groups in total. The molecular weight excluding hydrogens is 400 g/mol. The summed E-state index contributed by atoms with van der Waals surface area (Å²) in [6, 6.07) is 8.26. The van der Waals surface area contributed by atoms with E-state index in [0.29, 0.717) is 17.2 Å². The first-order valence-corrected chi connectivity index (χ1v) is 9.22. The smallest absolute Gasteiger partial charge is 0.261 e. The van der Waals surface area contributed by atoms with Gasteiger partial charge >= 0.3 is 0 Å². The van der Waals surface area contributed by atoms with Crippen LogP contribution in [0.2, 0.25) is 5.02 Å². The van der Waals surface area contributed by atoms with E-state index >= 15 is 0 Å². The SMILES string of the molecule is COc1ccc(C(=O)NC(=S)Nc2cc(C(C)(C)C)cc(Cl)c2O)c(OC)c1. The van der Waals surface area contributed by atoms with Crippen LogP contribution in [0.25, 0.3) is 0 Å². The summed E-state index contributed by atoms with van der Waals surface area (Å²) in [5.41, 5.74) is 1.32. The summed E-state index contributed by atoms with van der Waals surface area (Å²) in [7, 11) is 2.98. The molecule has 0 saturated carbocycles. The summed E-state index contributed by atoms with van der Waals surface area (Å²) in [6.45, 7) is 6.07. The Morgan fingerprint density at radius 3 is 2.39 bits per heavy atom. The van der Waals surface area contributed by atoms with E-state index in [1.165, 1.54) is 14.2 Å². The quantitative estimate of drug-likeness (QED) is 0.497. The summed E-state index contributed by atoms with van der Waals surface area (Å²) < 4.78 is 10.4. The fourth-order valence-electron chi connectivity index (χ4n) is 2.44. The standard InChI is InChI=1S/C20H23ClN2O4S/c1-20(2,3)11-8-14(21)17(24)15(9-11)22-19(28)23-18(25)13-7-6-12(26-4)10-16(13)27-5/h6-10,24H,1-5H3,(H2,22,23,25,28). The third kappa shape index (κ3) is 5.05. The van der Waals surface area contributed by atoms with Gasteiger partial charge in [0.2, 0.25) is 0 Å². The Bertz CT molecular complexity index is 910. The van der Waals surface area contributed by atoms with Crippen LogP contribution in [0.1, 0.15) is 36.7 Å². The van der Waals surface area contributed by atoms with E-state index in [1.54, 1.807) is 30.3 Å². The maximum atomic E-state index is 12.6. The van der Waals surface area contributed by atoms with E-state index in [1.807, 2.05) is 20.8 Å². The molecule has 0 atom stereocenters. The van der Waals surface area contributed by atoms with Crippen LogP contribution in [0, 0.1) is 0 Å². The van der Waals surface area contributed by atoms with Crippen LogP contribution in [0.3, 0.4) is 0 Å². The molecule has 0 heterocycles. The fourth-order valence-corrected chi connectivity index (χ4v) is 2.86. The first-order valence-electron chi connectivity index (χ1n) is 8.44. The van der Waals surface area contributed by atoms with Gasteiger partial charge < -0.3 is 19.9 Å². The van der Waals surface area contributed by atoms with Crippen molar-refractivity contribution in [3.63, 3.8) is 0 Å². The second-order valence-electron chi connectivity index (χ2n) is 7.08. The number of thiocarbonyl (C=S) groups is 1. The summed E-state index contributed by atoms with van der Waals surface area (Å²) >= 11 is 11.3. The lowest BCUT2D eigenvalue weighted by Gasteiger charge is -2.22. The summed E-state index contributed by atoms with van der Waals surface area (Å²) in [6.07, 6.45) is 0. The van der Waals surface area contributed by atoms with Gasteiger partial charge in [0.15, 0.2) is 10.9 Å². The predicted octanol–water partition coefficient (Wildman–Crippen LogP) is 4.49. The van der Waals surface area contributed by atoms with E-state index in [9.17, 15) is 9.90 Å². The lowest BCUT2D eigenvalue weighted by molar-refractivity contribution is 0.0974. The summed E-state index contributed by atoms with van der Waals surface area (Å²) in [5.74, 6) is 0.302. The number of halogens is 1. The number of anilines is 1. The minimum absolute atomic E-state index is 0.0142. The van der Waals surface area contributed by atoms with Gasteiger partial charge in [-0.1, -0.05) is 32.4 Å². The molecule has 1 amide bonds. The number of ether oxygens (including phenoxy) is 2. The highest BCUT2D eigenvalue weighted by Gasteiger charge is 2.20. The average Bonchev–Trinajstić information content (AvgIpc) is 2.63. The van der Waals surface area contributed by atoms with Gasteiger partial charge in [-0.2, -0.15) is 0 Å². The van der Waals surface area contributed by atoms with Gasteiger partial charge in [-0.15, -0.1) is 0 Å². The largest absolute Gasteiger partial charge is 0.504 e. The van der Waals surface area contributed by atoms with Gasteiger partial charge in [0.25, 0.3) is 5.91 Å². The van der Waals surface area contributed by atoms with E-state index in [-0.39, 0.29) is 26.9 Å². The number of phenols is 1. The van der Waals surface area contributed by atoms with Crippen LogP contribution in [-0.2, 0) is 5.41 Å². The van der Waals surface area contributed by atoms with Crippen molar-refractivity contribution in [2.45, 2.75) is 26.2 Å². The second-order valence-corrected chi connectivity index (χ2v) is 7.89. The molecule has 0 aliphatic rings. The monoisotopic (exact) mass is 422 g/mol. The molecule has 0 fully saturated rings. The van der Waals surface area contributed by atoms with Gasteiger partial charge in [-0.25, -0.2) is 0 Å². The van der Waals surface area contributed by atoms with Crippen LogP contribution in [-0.4, -0.2) is 30.3 Å². The summed E-state index contributed by atoms with van der Waals surface area (Å²) in [4.78, 5) is 12.6. The number of benzene rings is 2. The molecule has 2 aromatic carbocycles. The molecule has 2 rings (SSSR count). The fraction of sp³-hybridized carbons (Fsp3) is 0.300. The molecule has 0 bridgehead atoms. The Morgan fingerprint density at radius 2 is 1.82 bits per heavy atom. The van der Waals surface area contributed by atoms with Crippen molar-refractivity contribution in [3.05, 3.63) is 46.5 Å². The Balaban J connectivity index is 2.21.